The molecule has 1 aliphatic heterocycles. The van der Waals surface area contributed by atoms with Gasteiger partial charge in [-0.15, -0.1) is 0 Å². The number of hydrogen-bond acceptors (Lipinski definition) is 4. The van der Waals surface area contributed by atoms with E-state index in [1.54, 1.807) is 24.3 Å². The number of halogens is 1. The first kappa shape index (κ1) is 15.6. The lowest BCUT2D eigenvalue weighted by molar-refractivity contribution is 0.0232. The average molecular weight is 300 g/mol. The van der Waals surface area contributed by atoms with Gasteiger partial charge in [-0.1, -0.05) is 18.0 Å². The number of aliphatic hydroxyl groups excluding tert-OH is 2. The van der Waals surface area contributed by atoms with Gasteiger partial charge in [0.1, 0.15) is 18.5 Å². The summed E-state index contributed by atoms with van der Waals surface area (Å²) in [4.78, 5) is 2.15. The molecule has 1 heterocycles. The Morgan fingerprint density at radius 2 is 2.05 bits per heavy atom. The molecule has 1 aromatic rings. The number of aliphatic hydroxyl groups is 2. The fraction of sp³-hybridized carbons (Fsp3) is 0.600. The van der Waals surface area contributed by atoms with Gasteiger partial charge < -0.3 is 14.9 Å². The monoisotopic (exact) mass is 299 g/mol. The Morgan fingerprint density at radius 1 is 1.30 bits per heavy atom. The summed E-state index contributed by atoms with van der Waals surface area (Å²) < 4.78 is 5.54. The van der Waals surface area contributed by atoms with Gasteiger partial charge in [0.05, 0.1) is 6.61 Å². The number of nitrogens with zero attached hydrogens (tertiary/aromatic N) is 1. The SMILES string of the molecule is OC[C@H]1CCCCN1C[C@H](O)COc1ccc(Cl)cc1. The van der Waals surface area contributed by atoms with Crippen molar-refractivity contribution in [2.45, 2.75) is 31.4 Å². The van der Waals surface area contributed by atoms with E-state index in [2.05, 4.69) is 4.90 Å². The highest BCUT2D eigenvalue weighted by molar-refractivity contribution is 6.30. The van der Waals surface area contributed by atoms with Crippen LogP contribution in [0.5, 0.6) is 5.75 Å². The average Bonchev–Trinajstić information content (AvgIpc) is 2.47. The normalized spacial score (nSPS) is 21.6. The topological polar surface area (TPSA) is 52.9 Å². The third-order valence-corrected chi connectivity index (χ3v) is 3.91. The largest absolute Gasteiger partial charge is 0.491 e. The zero-order valence-corrected chi connectivity index (χ0v) is 12.3. The molecule has 0 radical (unpaired) electrons. The van der Waals surface area contributed by atoms with Gasteiger partial charge in [0.2, 0.25) is 0 Å². The number of β-amino-alcohol motifs (C(OH)–C–C–N with tert-alkyl or cyclic N) is 1. The lowest BCUT2D eigenvalue weighted by Crippen LogP contribution is -2.46. The molecule has 1 aliphatic rings. The Balaban J connectivity index is 1.76. The van der Waals surface area contributed by atoms with Crippen molar-refractivity contribution in [3.63, 3.8) is 0 Å². The maximum atomic E-state index is 10.1. The third-order valence-electron chi connectivity index (χ3n) is 3.66. The number of hydrogen-bond donors (Lipinski definition) is 2. The molecule has 20 heavy (non-hydrogen) atoms. The van der Waals surface area contributed by atoms with Crippen LogP contribution in [0.3, 0.4) is 0 Å². The Morgan fingerprint density at radius 3 is 2.75 bits per heavy atom. The second-order valence-electron chi connectivity index (χ2n) is 5.25. The Kier molecular flexibility index (Phi) is 6.10. The number of ether oxygens (including phenoxy) is 1. The van der Waals surface area contributed by atoms with E-state index in [-0.39, 0.29) is 19.3 Å². The predicted octanol–water partition coefficient (Wildman–Crippen LogP) is 1.93. The van der Waals surface area contributed by atoms with E-state index in [9.17, 15) is 10.2 Å². The summed E-state index contributed by atoms with van der Waals surface area (Å²) in [7, 11) is 0. The number of likely N-dealkylation sites (tertiary alicyclic amines) is 1. The molecule has 5 heteroatoms. The van der Waals surface area contributed by atoms with Gasteiger partial charge in [-0.05, 0) is 43.7 Å². The summed E-state index contributed by atoms with van der Waals surface area (Å²) in [6.45, 7) is 1.88. The summed E-state index contributed by atoms with van der Waals surface area (Å²) in [5, 5.41) is 20.1. The summed E-state index contributed by atoms with van der Waals surface area (Å²) >= 11 is 5.80. The molecule has 0 bridgehead atoms. The molecule has 0 aromatic heterocycles. The van der Waals surface area contributed by atoms with Crippen molar-refractivity contribution >= 4 is 11.6 Å². The third kappa shape index (κ3) is 4.63. The fourth-order valence-electron chi connectivity index (χ4n) is 2.55. The van der Waals surface area contributed by atoms with Crippen LogP contribution in [0, 0.1) is 0 Å². The smallest absolute Gasteiger partial charge is 0.119 e. The van der Waals surface area contributed by atoms with Gasteiger partial charge >= 0.3 is 0 Å². The minimum atomic E-state index is -0.558. The first-order valence-electron chi connectivity index (χ1n) is 7.10. The molecule has 1 fully saturated rings. The Bertz CT molecular complexity index is 399. The molecule has 0 saturated carbocycles. The van der Waals surface area contributed by atoms with Crippen molar-refractivity contribution < 1.29 is 14.9 Å². The lowest BCUT2D eigenvalue weighted by atomic mass is 10.0. The molecule has 2 atom stereocenters. The van der Waals surface area contributed by atoms with E-state index < -0.39 is 6.10 Å². The van der Waals surface area contributed by atoms with E-state index in [1.807, 2.05) is 0 Å². The lowest BCUT2D eigenvalue weighted by Gasteiger charge is -2.35. The molecule has 0 aliphatic carbocycles. The van der Waals surface area contributed by atoms with Crippen molar-refractivity contribution in [3.05, 3.63) is 29.3 Å². The molecule has 0 unspecified atom stereocenters. The summed E-state index contributed by atoms with van der Waals surface area (Å²) in [6, 6.07) is 7.26. The molecule has 0 spiro atoms. The van der Waals surface area contributed by atoms with Crippen LogP contribution in [0.4, 0.5) is 0 Å². The first-order chi connectivity index (χ1) is 9.69. The van der Waals surface area contributed by atoms with Gasteiger partial charge in [-0.2, -0.15) is 0 Å². The Labute approximate surface area is 124 Å². The maximum Gasteiger partial charge on any atom is 0.119 e. The van der Waals surface area contributed by atoms with E-state index in [0.29, 0.717) is 17.3 Å². The molecule has 2 N–H and O–H groups in total. The van der Waals surface area contributed by atoms with Gasteiger partial charge in [0.15, 0.2) is 0 Å². The van der Waals surface area contributed by atoms with E-state index >= 15 is 0 Å². The second-order valence-corrected chi connectivity index (χ2v) is 5.68. The fourth-order valence-corrected chi connectivity index (χ4v) is 2.68. The van der Waals surface area contributed by atoms with Crippen LogP contribution in [0.2, 0.25) is 5.02 Å². The standard InChI is InChI=1S/C15H22ClNO3/c16-12-4-6-15(7-5-12)20-11-14(19)9-17-8-2-1-3-13(17)10-18/h4-7,13-14,18-19H,1-3,8-11H2/t13-,14+/m1/s1. The molecular weight excluding hydrogens is 278 g/mol. The second kappa shape index (κ2) is 7.84. The van der Waals surface area contributed by atoms with Gasteiger partial charge in [-0.25, -0.2) is 0 Å². The van der Waals surface area contributed by atoms with Crippen LogP contribution in [0.15, 0.2) is 24.3 Å². The molecular formula is C15H22ClNO3. The molecule has 0 amide bonds. The quantitative estimate of drug-likeness (QED) is 0.843. The minimum Gasteiger partial charge on any atom is -0.491 e. The minimum absolute atomic E-state index is 0.158. The van der Waals surface area contributed by atoms with Crippen molar-refractivity contribution in [1.82, 2.24) is 4.90 Å². The highest BCUT2D eigenvalue weighted by atomic mass is 35.5. The summed E-state index contributed by atoms with van der Waals surface area (Å²) in [6.07, 6.45) is 2.72. The molecule has 112 valence electrons. The highest BCUT2D eigenvalue weighted by Gasteiger charge is 2.23. The van der Waals surface area contributed by atoms with Crippen molar-refractivity contribution in [2.24, 2.45) is 0 Å². The predicted molar refractivity (Wildman–Crippen MR) is 79.3 cm³/mol. The molecule has 1 aromatic carbocycles. The summed E-state index contributed by atoms with van der Waals surface area (Å²) in [5.74, 6) is 0.700. The molecule has 4 nitrogen and oxygen atoms in total. The van der Waals surface area contributed by atoms with Crippen LogP contribution in [0.25, 0.3) is 0 Å². The van der Waals surface area contributed by atoms with Crippen LogP contribution in [0.1, 0.15) is 19.3 Å². The number of benzene rings is 1. The van der Waals surface area contributed by atoms with Crippen LogP contribution < -0.4 is 4.74 Å². The van der Waals surface area contributed by atoms with Gasteiger partial charge in [0.25, 0.3) is 0 Å². The van der Waals surface area contributed by atoms with E-state index in [4.69, 9.17) is 16.3 Å². The first-order valence-corrected chi connectivity index (χ1v) is 7.48. The summed E-state index contributed by atoms with van der Waals surface area (Å²) in [5.41, 5.74) is 0. The zero-order chi connectivity index (χ0) is 14.4. The maximum absolute atomic E-state index is 10.1. The van der Waals surface area contributed by atoms with Crippen molar-refractivity contribution in [3.8, 4) is 5.75 Å². The van der Waals surface area contributed by atoms with E-state index in [1.165, 1.54) is 0 Å². The molecule has 1 saturated heterocycles. The van der Waals surface area contributed by atoms with Crippen molar-refractivity contribution in [2.75, 3.05) is 26.3 Å². The zero-order valence-electron chi connectivity index (χ0n) is 11.5. The van der Waals surface area contributed by atoms with Gasteiger partial charge in [0, 0.05) is 17.6 Å². The van der Waals surface area contributed by atoms with Crippen molar-refractivity contribution in [1.29, 1.82) is 0 Å². The van der Waals surface area contributed by atoms with E-state index in [0.717, 1.165) is 25.8 Å². The highest BCUT2D eigenvalue weighted by Crippen LogP contribution is 2.18. The van der Waals surface area contributed by atoms with Crippen LogP contribution >= 0.6 is 11.6 Å². The number of piperidine rings is 1. The molecule has 2 rings (SSSR count). The van der Waals surface area contributed by atoms with Crippen LogP contribution in [-0.4, -0.2) is 53.6 Å². The van der Waals surface area contributed by atoms with Gasteiger partial charge in [-0.3, -0.25) is 4.90 Å². The number of rotatable bonds is 6. The van der Waals surface area contributed by atoms with Crippen LogP contribution in [-0.2, 0) is 0 Å². The Hall–Kier alpha value is -0.810.